The second kappa shape index (κ2) is 11.2. The topological polar surface area (TPSA) is 9.23 Å². The highest BCUT2D eigenvalue weighted by Crippen LogP contribution is 2.19. The van der Waals surface area contributed by atoms with Gasteiger partial charge in [0.25, 0.3) is 0 Å². The summed E-state index contributed by atoms with van der Waals surface area (Å²) in [6.07, 6.45) is 11.2. The zero-order chi connectivity index (χ0) is 11.5. The van der Waals surface area contributed by atoms with Crippen LogP contribution in [0.25, 0.3) is 0 Å². The molecule has 92 valence electrons. The SMILES string of the molecule is CCCCCCCC[C@@H](OC)[C@H](I)CC. The van der Waals surface area contributed by atoms with Gasteiger partial charge >= 0.3 is 0 Å². The number of ether oxygens (including phenoxy) is 1. The van der Waals surface area contributed by atoms with Gasteiger partial charge in [-0.2, -0.15) is 0 Å². The monoisotopic (exact) mass is 326 g/mol. The van der Waals surface area contributed by atoms with Crippen molar-refractivity contribution < 1.29 is 4.74 Å². The molecule has 0 aromatic carbocycles. The van der Waals surface area contributed by atoms with E-state index < -0.39 is 0 Å². The first-order valence-corrected chi connectivity index (χ1v) is 7.67. The standard InChI is InChI=1S/C13H27IO/c1-4-6-7-8-9-10-11-13(15-3)12(14)5-2/h12-13H,4-11H2,1-3H3/t12-,13-/m1/s1. The molecule has 0 fully saturated rings. The molecule has 0 aliphatic heterocycles. The molecule has 2 heteroatoms. The third-order valence-electron chi connectivity index (χ3n) is 2.94. The maximum Gasteiger partial charge on any atom is 0.0688 e. The molecule has 0 heterocycles. The smallest absolute Gasteiger partial charge is 0.0688 e. The summed E-state index contributed by atoms with van der Waals surface area (Å²) in [6.45, 7) is 4.51. The van der Waals surface area contributed by atoms with Crippen molar-refractivity contribution in [3.8, 4) is 0 Å². The van der Waals surface area contributed by atoms with E-state index in [4.69, 9.17) is 4.74 Å². The van der Waals surface area contributed by atoms with Gasteiger partial charge in [-0.1, -0.05) is 75.0 Å². The molecule has 0 saturated heterocycles. The van der Waals surface area contributed by atoms with Gasteiger partial charge < -0.3 is 4.74 Å². The van der Waals surface area contributed by atoms with Crippen molar-refractivity contribution in [1.82, 2.24) is 0 Å². The van der Waals surface area contributed by atoms with Gasteiger partial charge in [0.2, 0.25) is 0 Å². The van der Waals surface area contributed by atoms with E-state index in [1.165, 1.54) is 51.4 Å². The van der Waals surface area contributed by atoms with Gasteiger partial charge in [-0.25, -0.2) is 0 Å². The average Bonchev–Trinajstić information content (AvgIpc) is 2.27. The molecule has 0 aromatic rings. The molecule has 0 unspecified atom stereocenters. The molecule has 0 bridgehead atoms. The lowest BCUT2D eigenvalue weighted by Gasteiger charge is -2.19. The van der Waals surface area contributed by atoms with Gasteiger partial charge in [0.1, 0.15) is 0 Å². The van der Waals surface area contributed by atoms with Crippen LogP contribution < -0.4 is 0 Å². The Morgan fingerprint density at radius 2 is 1.60 bits per heavy atom. The molecule has 0 aliphatic carbocycles. The molecule has 0 aromatic heterocycles. The van der Waals surface area contributed by atoms with E-state index in [9.17, 15) is 0 Å². The lowest BCUT2D eigenvalue weighted by molar-refractivity contribution is 0.0933. The fourth-order valence-corrected chi connectivity index (χ4v) is 2.49. The van der Waals surface area contributed by atoms with Gasteiger partial charge in [-0.05, 0) is 12.8 Å². The summed E-state index contributed by atoms with van der Waals surface area (Å²) in [5.41, 5.74) is 0. The number of halogens is 1. The average molecular weight is 326 g/mol. The Bertz CT molecular complexity index is 128. The number of rotatable bonds is 10. The fourth-order valence-electron chi connectivity index (χ4n) is 1.84. The van der Waals surface area contributed by atoms with Gasteiger partial charge in [-0.3, -0.25) is 0 Å². The van der Waals surface area contributed by atoms with Crippen LogP contribution in [0, 0.1) is 0 Å². The lowest BCUT2D eigenvalue weighted by atomic mass is 10.0. The molecular formula is C13H27IO. The Kier molecular flexibility index (Phi) is 11.7. The van der Waals surface area contributed by atoms with Crippen LogP contribution >= 0.6 is 22.6 Å². The highest BCUT2D eigenvalue weighted by atomic mass is 127. The van der Waals surface area contributed by atoms with E-state index in [1.54, 1.807) is 0 Å². The van der Waals surface area contributed by atoms with Crippen LogP contribution in [0.15, 0.2) is 0 Å². The Balaban J connectivity index is 3.38. The van der Waals surface area contributed by atoms with Gasteiger partial charge in [0.05, 0.1) is 6.10 Å². The third-order valence-corrected chi connectivity index (χ3v) is 4.62. The Morgan fingerprint density at radius 1 is 1.00 bits per heavy atom. The first-order valence-electron chi connectivity index (χ1n) is 6.43. The summed E-state index contributed by atoms with van der Waals surface area (Å²) in [5, 5.41) is 0. The Hall–Kier alpha value is 0.690. The maximum atomic E-state index is 5.52. The summed E-state index contributed by atoms with van der Waals surface area (Å²) in [5.74, 6) is 0. The van der Waals surface area contributed by atoms with E-state index in [2.05, 4.69) is 36.4 Å². The van der Waals surface area contributed by atoms with E-state index in [0.717, 1.165) is 0 Å². The molecular weight excluding hydrogens is 299 g/mol. The highest BCUT2D eigenvalue weighted by molar-refractivity contribution is 14.1. The van der Waals surface area contributed by atoms with Crippen molar-refractivity contribution in [2.75, 3.05) is 7.11 Å². The van der Waals surface area contributed by atoms with Crippen LogP contribution in [-0.2, 0) is 4.74 Å². The van der Waals surface area contributed by atoms with Crippen molar-refractivity contribution in [1.29, 1.82) is 0 Å². The van der Waals surface area contributed by atoms with E-state index in [0.29, 0.717) is 10.0 Å². The predicted octanol–water partition coefficient (Wildman–Crippen LogP) is 4.97. The second-order valence-corrected chi connectivity index (χ2v) is 5.85. The second-order valence-electron chi connectivity index (χ2n) is 4.25. The van der Waals surface area contributed by atoms with Crippen molar-refractivity contribution in [3.63, 3.8) is 0 Å². The lowest BCUT2D eigenvalue weighted by Crippen LogP contribution is -2.22. The summed E-state index contributed by atoms with van der Waals surface area (Å²) >= 11 is 2.52. The van der Waals surface area contributed by atoms with Gasteiger partial charge in [0, 0.05) is 11.0 Å². The first kappa shape index (κ1) is 15.7. The Labute approximate surface area is 109 Å². The van der Waals surface area contributed by atoms with Crippen LogP contribution in [0.4, 0.5) is 0 Å². The molecule has 0 N–H and O–H groups in total. The molecule has 0 radical (unpaired) electrons. The predicted molar refractivity (Wildman–Crippen MR) is 76.9 cm³/mol. The number of hydrogen-bond donors (Lipinski definition) is 0. The minimum absolute atomic E-state index is 0.474. The zero-order valence-corrected chi connectivity index (χ0v) is 12.8. The van der Waals surface area contributed by atoms with Crippen LogP contribution in [-0.4, -0.2) is 17.1 Å². The first-order chi connectivity index (χ1) is 7.26. The van der Waals surface area contributed by atoms with Crippen LogP contribution in [0.3, 0.4) is 0 Å². The van der Waals surface area contributed by atoms with E-state index >= 15 is 0 Å². The number of unbranched alkanes of at least 4 members (excludes halogenated alkanes) is 5. The molecule has 1 nitrogen and oxygen atoms in total. The maximum absolute atomic E-state index is 5.52. The van der Waals surface area contributed by atoms with Crippen LogP contribution in [0.1, 0.15) is 65.2 Å². The van der Waals surface area contributed by atoms with E-state index in [-0.39, 0.29) is 0 Å². The minimum atomic E-state index is 0.474. The molecule has 0 amide bonds. The summed E-state index contributed by atoms with van der Waals surface area (Å²) < 4.78 is 6.21. The van der Waals surface area contributed by atoms with Crippen molar-refractivity contribution in [2.24, 2.45) is 0 Å². The van der Waals surface area contributed by atoms with Gasteiger partial charge in [-0.15, -0.1) is 0 Å². The third kappa shape index (κ3) is 8.49. The quantitative estimate of drug-likeness (QED) is 0.313. The van der Waals surface area contributed by atoms with Gasteiger partial charge in [0.15, 0.2) is 0 Å². The molecule has 2 atom stereocenters. The van der Waals surface area contributed by atoms with Crippen LogP contribution in [0.2, 0.25) is 0 Å². The summed E-state index contributed by atoms with van der Waals surface area (Å²) in [4.78, 5) is 0. The normalized spacial score (nSPS) is 15.2. The molecule has 15 heavy (non-hydrogen) atoms. The van der Waals surface area contributed by atoms with Crippen molar-refractivity contribution in [3.05, 3.63) is 0 Å². The van der Waals surface area contributed by atoms with E-state index in [1.807, 2.05) is 7.11 Å². The van der Waals surface area contributed by atoms with Crippen molar-refractivity contribution in [2.45, 2.75) is 75.2 Å². The number of alkyl halides is 1. The summed E-state index contributed by atoms with van der Waals surface area (Å²) in [6, 6.07) is 0. The number of methoxy groups -OCH3 is 1. The molecule has 0 saturated carbocycles. The minimum Gasteiger partial charge on any atom is -0.380 e. The molecule has 0 spiro atoms. The number of hydrogen-bond acceptors (Lipinski definition) is 1. The van der Waals surface area contributed by atoms with Crippen LogP contribution in [0.5, 0.6) is 0 Å². The molecule has 0 aliphatic rings. The summed E-state index contributed by atoms with van der Waals surface area (Å²) in [7, 11) is 1.85. The largest absolute Gasteiger partial charge is 0.380 e. The fraction of sp³-hybridized carbons (Fsp3) is 1.00. The molecule has 0 rings (SSSR count). The van der Waals surface area contributed by atoms with Crippen molar-refractivity contribution >= 4 is 22.6 Å². The Morgan fingerprint density at radius 3 is 2.13 bits per heavy atom. The highest BCUT2D eigenvalue weighted by Gasteiger charge is 2.15. The zero-order valence-electron chi connectivity index (χ0n) is 10.6.